The summed E-state index contributed by atoms with van der Waals surface area (Å²) in [5.74, 6) is 0. The summed E-state index contributed by atoms with van der Waals surface area (Å²) in [6, 6.07) is 0.825. The maximum atomic E-state index is 6.07. The fraction of sp³-hybridized carbons (Fsp3) is 1.00. The molecule has 0 spiro atoms. The molecule has 0 bridgehead atoms. The first-order valence-electron chi connectivity index (χ1n) is 6.88. The molecule has 2 heteroatoms. The van der Waals surface area contributed by atoms with E-state index in [4.69, 9.17) is 4.74 Å². The molecule has 2 rings (SSSR count). The van der Waals surface area contributed by atoms with Gasteiger partial charge in [0.1, 0.15) is 0 Å². The van der Waals surface area contributed by atoms with Gasteiger partial charge in [-0.05, 0) is 59.4 Å². The van der Waals surface area contributed by atoms with Crippen LogP contribution in [0.2, 0.25) is 0 Å². The van der Waals surface area contributed by atoms with Crippen LogP contribution in [0.25, 0.3) is 0 Å². The topological polar surface area (TPSA) is 12.5 Å². The van der Waals surface area contributed by atoms with E-state index in [1.54, 1.807) is 0 Å². The fourth-order valence-corrected chi connectivity index (χ4v) is 3.39. The molecule has 2 aliphatic heterocycles. The average Bonchev–Trinajstić information content (AvgIpc) is 2.71. The highest BCUT2D eigenvalue weighted by molar-refractivity contribution is 5.04. The SMILES string of the molecule is CC[C@@H]1CC[C@@]2(COC(C)(C)C)CCCN12. The van der Waals surface area contributed by atoms with E-state index < -0.39 is 0 Å². The zero-order valence-corrected chi connectivity index (χ0v) is 11.4. The Morgan fingerprint density at radius 3 is 2.69 bits per heavy atom. The Balaban J connectivity index is 2.01. The van der Waals surface area contributed by atoms with E-state index in [-0.39, 0.29) is 5.60 Å². The lowest BCUT2D eigenvalue weighted by Crippen LogP contribution is -2.47. The number of rotatable bonds is 3. The van der Waals surface area contributed by atoms with Gasteiger partial charge in [0, 0.05) is 11.6 Å². The number of hydrogen-bond donors (Lipinski definition) is 0. The molecular formula is C14H27NO. The maximum absolute atomic E-state index is 6.07. The van der Waals surface area contributed by atoms with Crippen LogP contribution in [0, 0.1) is 0 Å². The lowest BCUT2D eigenvalue weighted by atomic mass is 9.95. The number of fused-ring (bicyclic) bond motifs is 1. The molecule has 2 fully saturated rings. The summed E-state index contributed by atoms with van der Waals surface area (Å²) in [5, 5.41) is 0. The van der Waals surface area contributed by atoms with Crippen molar-refractivity contribution in [3.63, 3.8) is 0 Å². The van der Waals surface area contributed by atoms with Gasteiger partial charge in [0.15, 0.2) is 0 Å². The maximum Gasteiger partial charge on any atom is 0.0657 e. The van der Waals surface area contributed by atoms with Gasteiger partial charge >= 0.3 is 0 Å². The molecule has 0 saturated carbocycles. The molecule has 94 valence electrons. The minimum atomic E-state index is 0.00725. The van der Waals surface area contributed by atoms with Crippen molar-refractivity contribution in [3.8, 4) is 0 Å². The molecule has 16 heavy (non-hydrogen) atoms. The molecule has 2 nitrogen and oxygen atoms in total. The third-order valence-electron chi connectivity index (χ3n) is 4.28. The minimum Gasteiger partial charge on any atom is -0.374 e. The number of hydrogen-bond acceptors (Lipinski definition) is 2. The Morgan fingerprint density at radius 2 is 2.06 bits per heavy atom. The summed E-state index contributed by atoms with van der Waals surface area (Å²) in [6.45, 7) is 11.0. The lowest BCUT2D eigenvalue weighted by Gasteiger charge is -2.37. The van der Waals surface area contributed by atoms with Crippen molar-refractivity contribution in [2.75, 3.05) is 13.2 Å². The predicted molar refractivity (Wildman–Crippen MR) is 67.7 cm³/mol. The Morgan fingerprint density at radius 1 is 1.31 bits per heavy atom. The van der Waals surface area contributed by atoms with Crippen molar-refractivity contribution < 1.29 is 4.74 Å². The quantitative estimate of drug-likeness (QED) is 0.731. The van der Waals surface area contributed by atoms with Crippen LogP contribution in [-0.2, 0) is 4.74 Å². The molecule has 2 saturated heterocycles. The fourth-order valence-electron chi connectivity index (χ4n) is 3.39. The second-order valence-corrected chi connectivity index (χ2v) is 6.52. The molecule has 2 aliphatic rings. The van der Waals surface area contributed by atoms with Gasteiger partial charge in [0.05, 0.1) is 12.2 Å². The summed E-state index contributed by atoms with van der Waals surface area (Å²) in [6.07, 6.45) is 6.74. The molecule has 2 atom stereocenters. The number of ether oxygens (including phenoxy) is 1. The first kappa shape index (κ1) is 12.4. The van der Waals surface area contributed by atoms with E-state index in [9.17, 15) is 0 Å². The van der Waals surface area contributed by atoms with Gasteiger partial charge in [-0.2, -0.15) is 0 Å². The second kappa shape index (κ2) is 4.30. The van der Waals surface area contributed by atoms with Gasteiger partial charge in [-0.25, -0.2) is 0 Å². The molecule has 0 aliphatic carbocycles. The molecule has 0 aromatic heterocycles. The summed E-state index contributed by atoms with van der Waals surface area (Å²) < 4.78 is 6.07. The average molecular weight is 225 g/mol. The highest BCUT2D eigenvalue weighted by Gasteiger charge is 2.48. The Hall–Kier alpha value is -0.0800. The molecule has 0 aromatic rings. The normalized spacial score (nSPS) is 35.6. The highest BCUT2D eigenvalue weighted by atomic mass is 16.5. The standard InChI is InChI=1S/C14H27NO/c1-5-12-7-9-14(8-6-10-15(12)14)11-16-13(2,3)4/h12H,5-11H2,1-4H3/t12-,14-/m1/s1. The van der Waals surface area contributed by atoms with Crippen LogP contribution < -0.4 is 0 Å². The van der Waals surface area contributed by atoms with Gasteiger partial charge < -0.3 is 4.74 Å². The molecule has 0 amide bonds. The van der Waals surface area contributed by atoms with E-state index in [1.165, 1.54) is 38.6 Å². The zero-order chi connectivity index (χ0) is 11.8. The van der Waals surface area contributed by atoms with Crippen LogP contribution in [0.1, 0.15) is 59.8 Å². The van der Waals surface area contributed by atoms with Crippen LogP contribution >= 0.6 is 0 Å². The Bertz CT molecular complexity index is 246. The first-order chi connectivity index (χ1) is 7.47. The Labute approximate surface area is 100 Å². The van der Waals surface area contributed by atoms with Crippen molar-refractivity contribution >= 4 is 0 Å². The van der Waals surface area contributed by atoms with Crippen molar-refractivity contribution in [1.82, 2.24) is 4.90 Å². The van der Waals surface area contributed by atoms with E-state index in [1.807, 2.05) is 0 Å². The lowest BCUT2D eigenvalue weighted by molar-refractivity contribution is -0.0568. The van der Waals surface area contributed by atoms with Crippen LogP contribution in [0.3, 0.4) is 0 Å². The van der Waals surface area contributed by atoms with Crippen molar-refractivity contribution in [2.24, 2.45) is 0 Å². The van der Waals surface area contributed by atoms with Gasteiger partial charge in [-0.15, -0.1) is 0 Å². The summed E-state index contributed by atoms with van der Waals surface area (Å²) in [4.78, 5) is 2.75. The monoisotopic (exact) mass is 225 g/mol. The second-order valence-electron chi connectivity index (χ2n) is 6.52. The first-order valence-corrected chi connectivity index (χ1v) is 6.88. The van der Waals surface area contributed by atoms with E-state index >= 15 is 0 Å². The molecule has 0 unspecified atom stereocenters. The van der Waals surface area contributed by atoms with Gasteiger partial charge in [0.25, 0.3) is 0 Å². The third kappa shape index (κ3) is 2.28. The van der Waals surface area contributed by atoms with Crippen LogP contribution in [0.5, 0.6) is 0 Å². The van der Waals surface area contributed by atoms with Gasteiger partial charge in [0.2, 0.25) is 0 Å². The highest BCUT2D eigenvalue weighted by Crippen LogP contribution is 2.43. The van der Waals surface area contributed by atoms with Gasteiger partial charge in [-0.3, -0.25) is 4.90 Å². The minimum absolute atomic E-state index is 0.00725. The van der Waals surface area contributed by atoms with Crippen LogP contribution in [0.15, 0.2) is 0 Å². The summed E-state index contributed by atoms with van der Waals surface area (Å²) >= 11 is 0. The largest absolute Gasteiger partial charge is 0.374 e. The molecule has 0 aromatic carbocycles. The molecular weight excluding hydrogens is 198 g/mol. The number of nitrogens with zero attached hydrogens (tertiary/aromatic N) is 1. The van der Waals surface area contributed by atoms with E-state index in [0.717, 1.165) is 12.6 Å². The zero-order valence-electron chi connectivity index (χ0n) is 11.4. The van der Waals surface area contributed by atoms with E-state index in [2.05, 4.69) is 32.6 Å². The van der Waals surface area contributed by atoms with Crippen LogP contribution in [-0.4, -0.2) is 35.2 Å². The molecule has 2 heterocycles. The summed E-state index contributed by atoms with van der Waals surface area (Å²) in [5.41, 5.74) is 0.404. The Kier molecular flexibility index (Phi) is 3.33. The molecule has 0 N–H and O–H groups in total. The van der Waals surface area contributed by atoms with Crippen molar-refractivity contribution in [2.45, 2.75) is 77.0 Å². The predicted octanol–water partition coefficient (Wildman–Crippen LogP) is 3.21. The third-order valence-corrected chi connectivity index (χ3v) is 4.28. The smallest absolute Gasteiger partial charge is 0.0657 e. The van der Waals surface area contributed by atoms with E-state index in [0.29, 0.717) is 5.54 Å². The molecule has 0 radical (unpaired) electrons. The van der Waals surface area contributed by atoms with Gasteiger partial charge in [-0.1, -0.05) is 6.92 Å². The van der Waals surface area contributed by atoms with Crippen LogP contribution in [0.4, 0.5) is 0 Å². The summed E-state index contributed by atoms with van der Waals surface area (Å²) in [7, 11) is 0. The van der Waals surface area contributed by atoms with Crippen molar-refractivity contribution in [3.05, 3.63) is 0 Å². The van der Waals surface area contributed by atoms with Crippen molar-refractivity contribution in [1.29, 1.82) is 0 Å².